The molecule has 4 atom stereocenters. The highest BCUT2D eigenvalue weighted by atomic mass is 16.5. The number of carbonyl (C=O) groups excluding carboxylic acids is 2. The van der Waals surface area contributed by atoms with Crippen LogP contribution < -0.4 is 20.1 Å². The van der Waals surface area contributed by atoms with E-state index < -0.39 is 10.8 Å². The van der Waals surface area contributed by atoms with Crippen LogP contribution >= 0.6 is 0 Å². The summed E-state index contributed by atoms with van der Waals surface area (Å²) < 4.78 is 11.5. The van der Waals surface area contributed by atoms with Gasteiger partial charge < -0.3 is 30.5 Å². The number of fused-ring (bicyclic) bond motifs is 4. The van der Waals surface area contributed by atoms with Crippen molar-refractivity contribution < 1.29 is 29.5 Å². The summed E-state index contributed by atoms with van der Waals surface area (Å²) >= 11 is 0. The number of amides is 2. The van der Waals surface area contributed by atoms with Gasteiger partial charge in [0.05, 0.1) is 47.8 Å². The molecular weight excluding hydrogens is 584 g/mol. The standard InChI is InChI=1S/C36H46N4O6/c1-31(2)33(5)13-15-35(31,19-27(33)39-43)29(41)37-23-11-9-21(17-25(23)45-7)22-10-12-24(26(18-22)46-8)38-30(42)36-16-14-34(6,32(36,3)4)28(20-36)40-44/h9-12,17-18,43-44H,13-16,19-20H2,1-8H3,(H,37,41)(H,38,42). The van der Waals surface area contributed by atoms with E-state index in [4.69, 9.17) is 9.47 Å². The molecule has 6 rings (SSSR count). The molecule has 4 N–H and O–H groups in total. The summed E-state index contributed by atoms with van der Waals surface area (Å²) in [7, 11) is 3.14. The number of hydrogen-bond acceptors (Lipinski definition) is 8. The molecule has 4 aliphatic carbocycles. The lowest BCUT2D eigenvalue weighted by molar-refractivity contribution is -0.131. The van der Waals surface area contributed by atoms with Crippen molar-refractivity contribution in [3.05, 3.63) is 36.4 Å². The molecule has 2 aromatic rings. The number of carbonyl (C=O) groups is 2. The maximum absolute atomic E-state index is 13.9. The van der Waals surface area contributed by atoms with Gasteiger partial charge in [-0.05, 0) is 71.9 Å². The van der Waals surface area contributed by atoms with Gasteiger partial charge in [0.25, 0.3) is 0 Å². The van der Waals surface area contributed by atoms with Gasteiger partial charge in [0, 0.05) is 23.7 Å². The first-order chi connectivity index (χ1) is 21.6. The lowest BCUT2D eigenvalue weighted by Crippen LogP contribution is -2.43. The summed E-state index contributed by atoms with van der Waals surface area (Å²) in [6, 6.07) is 11.2. The van der Waals surface area contributed by atoms with E-state index in [9.17, 15) is 20.0 Å². The fourth-order valence-electron chi connectivity index (χ4n) is 9.50. The molecule has 0 heterocycles. The van der Waals surface area contributed by atoms with E-state index in [1.54, 1.807) is 14.2 Å². The highest BCUT2D eigenvalue weighted by Gasteiger charge is 2.72. The summed E-state index contributed by atoms with van der Waals surface area (Å²) in [5.41, 5.74) is 1.39. The highest BCUT2D eigenvalue weighted by Crippen LogP contribution is 2.72. The minimum Gasteiger partial charge on any atom is -0.495 e. The van der Waals surface area contributed by atoms with Crippen LogP contribution in [0.5, 0.6) is 11.5 Å². The summed E-state index contributed by atoms with van der Waals surface area (Å²) in [5, 5.41) is 32.9. The number of anilines is 2. The molecule has 4 bridgehead atoms. The molecule has 0 aromatic heterocycles. The molecule has 4 saturated carbocycles. The minimum atomic E-state index is -0.683. The topological polar surface area (TPSA) is 142 Å². The Morgan fingerprint density at radius 2 is 1.02 bits per heavy atom. The van der Waals surface area contributed by atoms with Gasteiger partial charge in [-0.1, -0.05) is 64.0 Å². The van der Waals surface area contributed by atoms with Crippen LogP contribution in [0.25, 0.3) is 11.1 Å². The van der Waals surface area contributed by atoms with Crippen LogP contribution in [0.15, 0.2) is 46.7 Å². The number of ether oxygens (including phenoxy) is 2. The Morgan fingerprint density at radius 1 is 0.652 bits per heavy atom. The van der Waals surface area contributed by atoms with Crippen molar-refractivity contribution in [1.29, 1.82) is 0 Å². The van der Waals surface area contributed by atoms with Crippen molar-refractivity contribution in [2.45, 2.75) is 80.1 Å². The van der Waals surface area contributed by atoms with Crippen LogP contribution in [-0.2, 0) is 9.59 Å². The zero-order valence-corrected chi connectivity index (χ0v) is 28.1. The quantitative estimate of drug-likeness (QED) is 0.186. The maximum Gasteiger partial charge on any atom is 0.231 e. The molecule has 0 aliphatic heterocycles. The molecule has 2 aromatic carbocycles. The molecule has 4 unspecified atom stereocenters. The van der Waals surface area contributed by atoms with Crippen molar-refractivity contribution >= 4 is 34.6 Å². The zero-order valence-electron chi connectivity index (χ0n) is 28.1. The summed E-state index contributed by atoms with van der Waals surface area (Å²) in [6.07, 6.45) is 3.87. The second-order valence-electron chi connectivity index (χ2n) is 15.3. The lowest BCUT2D eigenvalue weighted by atomic mass is 9.64. The van der Waals surface area contributed by atoms with Gasteiger partial charge in [0.2, 0.25) is 11.8 Å². The van der Waals surface area contributed by atoms with Crippen LogP contribution in [0.4, 0.5) is 11.4 Å². The average Bonchev–Trinajstić information content (AvgIpc) is 3.53. The molecular formula is C36H46N4O6. The summed E-state index contributed by atoms with van der Waals surface area (Å²) in [5.74, 6) is 0.828. The van der Waals surface area contributed by atoms with Crippen LogP contribution in [0, 0.1) is 32.5 Å². The average molecular weight is 631 g/mol. The molecule has 4 fully saturated rings. The Labute approximate surface area is 270 Å². The summed E-state index contributed by atoms with van der Waals surface area (Å²) in [4.78, 5) is 27.8. The Hall–Kier alpha value is -4.08. The molecule has 10 nitrogen and oxygen atoms in total. The Balaban J connectivity index is 1.24. The number of oxime groups is 2. The van der Waals surface area contributed by atoms with Crippen molar-refractivity contribution in [3.8, 4) is 22.6 Å². The van der Waals surface area contributed by atoms with E-state index in [2.05, 4.69) is 62.5 Å². The molecule has 0 saturated heterocycles. The number of hydrogen-bond donors (Lipinski definition) is 4. The van der Waals surface area contributed by atoms with E-state index in [0.717, 1.165) is 36.8 Å². The van der Waals surface area contributed by atoms with Crippen molar-refractivity contribution in [2.24, 2.45) is 42.8 Å². The fraction of sp³-hybridized carbons (Fsp3) is 0.556. The van der Waals surface area contributed by atoms with Crippen LogP contribution in [0.3, 0.4) is 0 Å². The number of nitrogens with one attached hydrogen (secondary N) is 2. The van der Waals surface area contributed by atoms with Gasteiger partial charge in [0.15, 0.2) is 0 Å². The third-order valence-electron chi connectivity index (χ3n) is 13.8. The lowest BCUT2D eigenvalue weighted by Gasteiger charge is -2.39. The SMILES string of the molecule is COc1cc(-c2ccc(NC(=O)C34CCC(C)(C(=NO)C3)C4(C)C)c(OC)c2)ccc1NC(=O)C12CCC(C)(C(=NO)C1)C2(C)C. The number of methoxy groups -OCH3 is 2. The second-order valence-corrected chi connectivity index (χ2v) is 15.3. The van der Waals surface area contributed by atoms with Crippen molar-refractivity contribution in [3.63, 3.8) is 0 Å². The third-order valence-corrected chi connectivity index (χ3v) is 13.8. The predicted octanol–water partition coefficient (Wildman–Crippen LogP) is 7.34. The first-order valence-electron chi connectivity index (χ1n) is 16.0. The molecule has 4 aliphatic rings. The van der Waals surface area contributed by atoms with Crippen molar-refractivity contribution in [2.75, 3.05) is 24.9 Å². The predicted molar refractivity (Wildman–Crippen MR) is 177 cm³/mol. The van der Waals surface area contributed by atoms with Crippen molar-refractivity contribution in [1.82, 2.24) is 0 Å². The van der Waals surface area contributed by atoms with Crippen LogP contribution in [0.1, 0.15) is 80.1 Å². The van der Waals surface area contributed by atoms with Gasteiger partial charge in [-0.2, -0.15) is 0 Å². The van der Waals surface area contributed by atoms with Gasteiger partial charge in [-0.25, -0.2) is 0 Å². The first-order valence-corrected chi connectivity index (χ1v) is 16.0. The Kier molecular flexibility index (Phi) is 7.08. The molecule has 0 radical (unpaired) electrons. The molecule has 246 valence electrons. The summed E-state index contributed by atoms with van der Waals surface area (Å²) in [6.45, 7) is 12.6. The number of nitrogens with zero attached hydrogens (tertiary/aromatic N) is 2. The second kappa shape index (κ2) is 10.2. The molecule has 46 heavy (non-hydrogen) atoms. The smallest absolute Gasteiger partial charge is 0.231 e. The van der Waals surface area contributed by atoms with Gasteiger partial charge in [-0.15, -0.1) is 0 Å². The number of benzene rings is 2. The molecule has 0 spiro atoms. The minimum absolute atomic E-state index is 0.0995. The fourth-order valence-corrected chi connectivity index (χ4v) is 9.50. The van der Waals surface area contributed by atoms with Crippen LogP contribution in [0.2, 0.25) is 0 Å². The monoisotopic (exact) mass is 630 g/mol. The first kappa shape index (κ1) is 31.9. The largest absolute Gasteiger partial charge is 0.495 e. The third kappa shape index (κ3) is 3.81. The highest BCUT2D eigenvalue weighted by molar-refractivity contribution is 6.08. The zero-order chi connectivity index (χ0) is 33.5. The molecule has 10 heteroatoms. The van der Waals surface area contributed by atoms with E-state index in [-0.39, 0.29) is 33.5 Å². The van der Waals surface area contributed by atoms with E-state index >= 15 is 0 Å². The van der Waals surface area contributed by atoms with Gasteiger partial charge in [0.1, 0.15) is 11.5 Å². The van der Waals surface area contributed by atoms with Crippen LogP contribution in [-0.4, -0.2) is 47.9 Å². The maximum atomic E-state index is 13.9. The normalized spacial score (nSPS) is 33.4. The Morgan fingerprint density at radius 3 is 1.33 bits per heavy atom. The van der Waals surface area contributed by atoms with E-state index in [1.165, 1.54) is 0 Å². The van der Waals surface area contributed by atoms with Gasteiger partial charge in [-0.3, -0.25) is 9.59 Å². The Bertz CT molecular complexity index is 1570. The van der Waals surface area contributed by atoms with Gasteiger partial charge >= 0.3 is 0 Å². The number of rotatable bonds is 7. The molecule has 2 amide bonds. The van der Waals surface area contributed by atoms with E-state index in [1.807, 2.05) is 36.4 Å². The van der Waals surface area contributed by atoms with E-state index in [0.29, 0.717) is 47.1 Å².